The first-order chi connectivity index (χ1) is 12.4. The molecule has 0 bridgehead atoms. The number of rotatable bonds is 3. The van der Waals surface area contributed by atoms with Crippen LogP contribution in [0.1, 0.15) is 5.56 Å². The van der Waals surface area contributed by atoms with E-state index in [1.54, 1.807) is 12.1 Å². The SMILES string of the molecule is Cc1ccc(N2C(=O)[C@H](C=Nc3ccc(F)c(Cl)c3)C(=O)NC2=S)cc1. The summed E-state index contributed by atoms with van der Waals surface area (Å²) in [6.07, 6.45) is 1.20. The first-order valence-corrected chi connectivity index (χ1v) is 8.40. The maximum atomic E-state index is 13.2. The number of amides is 2. The van der Waals surface area contributed by atoms with Crippen molar-refractivity contribution in [3.8, 4) is 0 Å². The van der Waals surface area contributed by atoms with E-state index in [0.29, 0.717) is 11.4 Å². The third-order valence-electron chi connectivity index (χ3n) is 3.77. The fourth-order valence-corrected chi connectivity index (χ4v) is 2.86. The fraction of sp³-hybridized carbons (Fsp3) is 0.111. The molecular weight excluding hydrogens is 377 g/mol. The predicted octanol–water partition coefficient (Wildman–Crippen LogP) is 3.55. The molecule has 0 spiro atoms. The molecule has 0 saturated carbocycles. The highest BCUT2D eigenvalue weighted by atomic mass is 35.5. The van der Waals surface area contributed by atoms with Gasteiger partial charge >= 0.3 is 0 Å². The molecule has 8 heteroatoms. The summed E-state index contributed by atoms with van der Waals surface area (Å²) in [7, 11) is 0. The van der Waals surface area contributed by atoms with Gasteiger partial charge in [-0.3, -0.25) is 19.5 Å². The topological polar surface area (TPSA) is 61.8 Å². The predicted molar refractivity (Wildman–Crippen MR) is 102 cm³/mol. The van der Waals surface area contributed by atoms with Crippen LogP contribution in [0.2, 0.25) is 5.02 Å². The Morgan fingerprint density at radius 3 is 2.58 bits per heavy atom. The summed E-state index contributed by atoms with van der Waals surface area (Å²) in [5, 5.41) is 2.42. The molecule has 3 rings (SSSR count). The van der Waals surface area contributed by atoms with Crippen molar-refractivity contribution in [3.63, 3.8) is 0 Å². The standard InChI is InChI=1S/C18H13ClFN3O2S/c1-10-2-5-12(6-3-10)23-17(25)13(16(24)22-18(23)26)9-21-11-4-7-15(20)14(19)8-11/h2-9,13H,1H3,(H,22,24,26)/t13-/m1/s1. The van der Waals surface area contributed by atoms with Gasteiger partial charge in [-0.2, -0.15) is 0 Å². The van der Waals surface area contributed by atoms with Crippen molar-refractivity contribution in [2.75, 3.05) is 4.90 Å². The van der Waals surface area contributed by atoms with E-state index >= 15 is 0 Å². The van der Waals surface area contributed by atoms with Crippen LogP contribution in [-0.2, 0) is 9.59 Å². The van der Waals surface area contributed by atoms with Gasteiger partial charge in [0.15, 0.2) is 11.0 Å². The Morgan fingerprint density at radius 1 is 1.23 bits per heavy atom. The summed E-state index contributed by atoms with van der Waals surface area (Å²) >= 11 is 10.8. The van der Waals surface area contributed by atoms with Gasteiger partial charge in [0.05, 0.1) is 16.4 Å². The Labute approximate surface area is 159 Å². The van der Waals surface area contributed by atoms with E-state index in [1.165, 1.54) is 23.2 Å². The molecule has 132 valence electrons. The minimum atomic E-state index is -1.16. The number of thiocarbonyl (C=S) groups is 1. The van der Waals surface area contributed by atoms with Crippen LogP contribution in [0, 0.1) is 18.7 Å². The molecule has 5 nitrogen and oxygen atoms in total. The zero-order chi connectivity index (χ0) is 18.8. The molecule has 0 radical (unpaired) electrons. The van der Waals surface area contributed by atoms with Crippen molar-refractivity contribution in [1.29, 1.82) is 0 Å². The van der Waals surface area contributed by atoms with E-state index < -0.39 is 23.5 Å². The molecule has 0 aliphatic carbocycles. The van der Waals surface area contributed by atoms with Gasteiger partial charge in [-0.1, -0.05) is 29.3 Å². The van der Waals surface area contributed by atoms with Crippen LogP contribution in [0.15, 0.2) is 47.5 Å². The van der Waals surface area contributed by atoms with Crippen LogP contribution in [0.5, 0.6) is 0 Å². The van der Waals surface area contributed by atoms with Crippen molar-refractivity contribution < 1.29 is 14.0 Å². The lowest BCUT2D eigenvalue weighted by molar-refractivity contribution is -0.130. The molecule has 1 aliphatic heterocycles. The van der Waals surface area contributed by atoms with Crippen LogP contribution >= 0.6 is 23.8 Å². The van der Waals surface area contributed by atoms with E-state index in [2.05, 4.69) is 10.3 Å². The lowest BCUT2D eigenvalue weighted by Crippen LogP contribution is -2.58. The maximum Gasteiger partial charge on any atom is 0.251 e. The Hall–Kier alpha value is -2.64. The average Bonchev–Trinajstić information content (AvgIpc) is 2.59. The Kier molecular flexibility index (Phi) is 5.11. The molecule has 1 N–H and O–H groups in total. The highest BCUT2D eigenvalue weighted by Crippen LogP contribution is 2.23. The molecule has 1 fully saturated rings. The quantitative estimate of drug-likeness (QED) is 0.496. The largest absolute Gasteiger partial charge is 0.301 e. The van der Waals surface area contributed by atoms with Gasteiger partial charge in [0, 0.05) is 6.21 Å². The lowest BCUT2D eigenvalue weighted by Gasteiger charge is -2.30. The number of nitrogens with zero attached hydrogens (tertiary/aromatic N) is 2. The van der Waals surface area contributed by atoms with E-state index in [0.717, 1.165) is 11.6 Å². The van der Waals surface area contributed by atoms with Crippen molar-refractivity contribution in [2.45, 2.75) is 6.92 Å². The fourth-order valence-electron chi connectivity index (χ4n) is 2.39. The first kappa shape index (κ1) is 18.2. The Bertz CT molecular complexity index is 931. The number of carbonyl (C=O) groups excluding carboxylic acids is 2. The smallest absolute Gasteiger partial charge is 0.251 e. The molecule has 2 amide bonds. The highest BCUT2D eigenvalue weighted by Gasteiger charge is 2.38. The minimum Gasteiger partial charge on any atom is -0.301 e. The lowest BCUT2D eigenvalue weighted by atomic mass is 10.1. The van der Waals surface area contributed by atoms with E-state index in [-0.39, 0.29) is 10.1 Å². The van der Waals surface area contributed by atoms with E-state index in [9.17, 15) is 14.0 Å². The van der Waals surface area contributed by atoms with E-state index in [1.807, 2.05) is 19.1 Å². The number of hydrogen-bond donors (Lipinski definition) is 1. The van der Waals surface area contributed by atoms with Crippen LogP contribution < -0.4 is 10.2 Å². The Balaban J connectivity index is 1.88. The monoisotopic (exact) mass is 389 g/mol. The molecule has 0 aromatic heterocycles. The summed E-state index contributed by atoms with van der Waals surface area (Å²) in [5.41, 5.74) is 1.90. The summed E-state index contributed by atoms with van der Waals surface area (Å²) in [6, 6.07) is 11.0. The van der Waals surface area contributed by atoms with Crippen molar-refractivity contribution in [2.24, 2.45) is 10.9 Å². The van der Waals surface area contributed by atoms with Crippen LogP contribution in [-0.4, -0.2) is 23.1 Å². The molecule has 1 saturated heterocycles. The molecule has 26 heavy (non-hydrogen) atoms. The summed E-state index contributed by atoms with van der Waals surface area (Å²) in [5.74, 6) is -2.82. The maximum absolute atomic E-state index is 13.2. The second-order valence-electron chi connectivity index (χ2n) is 5.66. The van der Waals surface area contributed by atoms with Crippen LogP contribution in [0.4, 0.5) is 15.8 Å². The molecule has 2 aromatic rings. The second-order valence-corrected chi connectivity index (χ2v) is 6.45. The van der Waals surface area contributed by atoms with Crippen LogP contribution in [0.25, 0.3) is 0 Å². The molecule has 1 aliphatic rings. The van der Waals surface area contributed by atoms with Crippen LogP contribution in [0.3, 0.4) is 0 Å². The van der Waals surface area contributed by atoms with Gasteiger partial charge in [0.2, 0.25) is 5.91 Å². The second kappa shape index (κ2) is 7.31. The third kappa shape index (κ3) is 3.63. The third-order valence-corrected chi connectivity index (χ3v) is 4.34. The first-order valence-electron chi connectivity index (χ1n) is 7.61. The van der Waals surface area contributed by atoms with Gasteiger partial charge in [0.25, 0.3) is 5.91 Å². The molecule has 1 heterocycles. The molecule has 0 unspecified atom stereocenters. The van der Waals surface area contributed by atoms with Crippen molar-refractivity contribution >= 4 is 58.3 Å². The summed E-state index contributed by atoms with van der Waals surface area (Å²) in [4.78, 5) is 30.3. The minimum absolute atomic E-state index is 0.0123. The highest BCUT2D eigenvalue weighted by molar-refractivity contribution is 7.80. The zero-order valence-corrected chi connectivity index (χ0v) is 15.1. The van der Waals surface area contributed by atoms with Crippen molar-refractivity contribution in [1.82, 2.24) is 5.32 Å². The van der Waals surface area contributed by atoms with Crippen molar-refractivity contribution in [3.05, 3.63) is 58.9 Å². The van der Waals surface area contributed by atoms with Gasteiger partial charge in [-0.25, -0.2) is 4.39 Å². The molecule has 2 aromatic carbocycles. The van der Waals surface area contributed by atoms with Gasteiger partial charge in [-0.05, 0) is 49.5 Å². The molecule has 1 atom stereocenters. The number of aryl methyl sites for hydroxylation is 1. The number of halogens is 2. The summed E-state index contributed by atoms with van der Waals surface area (Å²) in [6.45, 7) is 1.92. The number of benzene rings is 2. The van der Waals surface area contributed by atoms with Gasteiger partial charge < -0.3 is 5.32 Å². The summed E-state index contributed by atoms with van der Waals surface area (Å²) < 4.78 is 13.2. The Morgan fingerprint density at radius 2 is 1.92 bits per heavy atom. The van der Waals surface area contributed by atoms with Gasteiger partial charge in [0.1, 0.15) is 5.82 Å². The average molecular weight is 390 g/mol. The zero-order valence-electron chi connectivity index (χ0n) is 13.6. The number of anilines is 1. The molecular formula is C18H13ClFN3O2S. The number of nitrogens with one attached hydrogen (secondary N) is 1. The number of carbonyl (C=O) groups is 2. The number of aliphatic imine (C=N–C) groups is 1. The number of hydrogen-bond acceptors (Lipinski definition) is 4. The normalized spacial score (nSPS) is 17.7. The van der Waals surface area contributed by atoms with E-state index in [4.69, 9.17) is 23.8 Å². The van der Waals surface area contributed by atoms with Gasteiger partial charge in [-0.15, -0.1) is 0 Å².